The van der Waals surface area contributed by atoms with Crippen LogP contribution in [0.5, 0.6) is 5.88 Å². The maximum absolute atomic E-state index is 12.8. The van der Waals surface area contributed by atoms with Crippen LogP contribution in [-0.2, 0) is 6.54 Å². The van der Waals surface area contributed by atoms with Crippen LogP contribution in [0, 0.1) is 0 Å². The molecule has 0 aliphatic rings. The standard InChI is InChI=1S/C16H10ClN3O3S/c17-16-18-8-10(24-16)9-20-12-5-1-2-6-19(12)15(22)13(20)14(21)11-4-3-7-23-11/h1-8H,9H2/p+1. The number of hydrogen-bond acceptors (Lipinski definition) is 5. The normalized spacial score (nSPS) is 11.2. The summed E-state index contributed by atoms with van der Waals surface area (Å²) < 4.78 is 8.90. The average Bonchev–Trinajstić information content (AvgIpc) is 3.30. The van der Waals surface area contributed by atoms with E-state index in [2.05, 4.69) is 4.98 Å². The van der Waals surface area contributed by atoms with Crippen molar-refractivity contribution < 1.29 is 18.7 Å². The van der Waals surface area contributed by atoms with Gasteiger partial charge in [0.15, 0.2) is 10.2 Å². The Labute approximate surface area is 145 Å². The number of ketones is 1. The van der Waals surface area contributed by atoms with E-state index < -0.39 is 5.78 Å². The summed E-state index contributed by atoms with van der Waals surface area (Å²) in [6.07, 6.45) is 4.78. The Bertz CT molecular complexity index is 1040. The van der Waals surface area contributed by atoms with Gasteiger partial charge in [-0.1, -0.05) is 17.7 Å². The Kier molecular flexibility index (Phi) is 3.59. The van der Waals surface area contributed by atoms with Gasteiger partial charge in [0.1, 0.15) is 6.54 Å². The fraction of sp³-hybridized carbons (Fsp3) is 0.0625. The number of imidazole rings is 1. The van der Waals surface area contributed by atoms with E-state index in [0.717, 1.165) is 4.88 Å². The van der Waals surface area contributed by atoms with E-state index in [-0.39, 0.29) is 17.3 Å². The summed E-state index contributed by atoms with van der Waals surface area (Å²) in [6, 6.07) is 8.64. The molecule has 0 bridgehead atoms. The molecule has 0 spiro atoms. The number of pyridine rings is 1. The molecule has 0 aliphatic heterocycles. The van der Waals surface area contributed by atoms with Crippen molar-refractivity contribution in [3.05, 3.63) is 69.8 Å². The van der Waals surface area contributed by atoms with Crippen molar-refractivity contribution in [3.8, 4) is 5.88 Å². The number of hydrogen-bond donors (Lipinski definition) is 1. The van der Waals surface area contributed by atoms with Crippen LogP contribution in [0.4, 0.5) is 0 Å². The summed E-state index contributed by atoms with van der Waals surface area (Å²) in [5.74, 6) is -0.364. The van der Waals surface area contributed by atoms with E-state index in [1.807, 2.05) is 12.1 Å². The average molecular weight is 361 g/mol. The maximum Gasteiger partial charge on any atom is 0.339 e. The zero-order valence-corrected chi connectivity index (χ0v) is 13.8. The number of fused-ring (bicyclic) bond motifs is 1. The Hall–Kier alpha value is -2.64. The van der Waals surface area contributed by atoms with E-state index in [1.165, 1.54) is 17.6 Å². The lowest BCUT2D eigenvalue weighted by atomic mass is 10.2. The summed E-state index contributed by atoms with van der Waals surface area (Å²) in [6.45, 7) is 0.361. The Morgan fingerprint density at radius 2 is 2.25 bits per heavy atom. The SMILES string of the molecule is O=C(c1ccco1)c1c(O)[n+]2ccccc2n1Cc1cnc(Cl)s1. The number of aromatic nitrogens is 3. The number of nitrogens with zero attached hydrogens (tertiary/aromatic N) is 3. The van der Waals surface area contributed by atoms with Crippen molar-refractivity contribution in [1.82, 2.24) is 9.55 Å². The first-order valence-electron chi connectivity index (χ1n) is 7.05. The molecule has 4 aromatic rings. The van der Waals surface area contributed by atoms with Crippen LogP contribution in [0.3, 0.4) is 0 Å². The molecule has 0 radical (unpaired) electrons. The molecule has 4 rings (SSSR count). The van der Waals surface area contributed by atoms with Gasteiger partial charge in [0.25, 0.3) is 17.1 Å². The lowest BCUT2D eigenvalue weighted by Crippen LogP contribution is -2.19. The van der Waals surface area contributed by atoms with Gasteiger partial charge in [-0.05, 0) is 18.2 Å². The summed E-state index contributed by atoms with van der Waals surface area (Å²) in [7, 11) is 0. The summed E-state index contributed by atoms with van der Waals surface area (Å²) in [5, 5.41) is 10.6. The lowest BCUT2D eigenvalue weighted by Gasteiger charge is -1.99. The Morgan fingerprint density at radius 3 is 2.96 bits per heavy atom. The molecule has 0 aliphatic carbocycles. The third-order valence-corrected chi connectivity index (χ3v) is 4.72. The first-order chi connectivity index (χ1) is 11.6. The van der Waals surface area contributed by atoms with E-state index in [9.17, 15) is 9.90 Å². The molecule has 4 heterocycles. The second kappa shape index (κ2) is 5.77. The number of aromatic hydroxyl groups is 1. The third kappa shape index (κ3) is 2.38. The number of furan rings is 1. The minimum atomic E-state index is -0.392. The Morgan fingerprint density at radius 1 is 1.38 bits per heavy atom. The van der Waals surface area contributed by atoms with Gasteiger partial charge in [0.2, 0.25) is 0 Å². The van der Waals surface area contributed by atoms with Crippen LogP contribution in [0.2, 0.25) is 4.47 Å². The molecule has 120 valence electrons. The lowest BCUT2D eigenvalue weighted by molar-refractivity contribution is -0.521. The fourth-order valence-corrected chi connectivity index (χ4v) is 3.57. The predicted octanol–water partition coefficient (Wildman–Crippen LogP) is 2.91. The third-order valence-electron chi connectivity index (χ3n) is 3.62. The molecule has 8 heteroatoms. The monoisotopic (exact) mass is 360 g/mol. The molecule has 0 amide bonds. The van der Waals surface area contributed by atoms with E-state index >= 15 is 0 Å². The molecule has 0 saturated heterocycles. The van der Waals surface area contributed by atoms with Gasteiger partial charge < -0.3 is 9.52 Å². The topological polar surface area (TPSA) is 72.4 Å². The highest BCUT2D eigenvalue weighted by molar-refractivity contribution is 7.15. The van der Waals surface area contributed by atoms with Gasteiger partial charge in [-0.2, -0.15) is 4.40 Å². The smallest absolute Gasteiger partial charge is 0.339 e. The van der Waals surface area contributed by atoms with Crippen molar-refractivity contribution in [2.24, 2.45) is 0 Å². The number of carbonyl (C=O) groups excluding carboxylic acids is 1. The summed E-state index contributed by atoms with van der Waals surface area (Å²) in [5.41, 5.74) is 0.829. The van der Waals surface area contributed by atoms with Gasteiger partial charge in [0, 0.05) is 12.3 Å². The number of thiazole rings is 1. The molecule has 6 nitrogen and oxygen atoms in total. The first kappa shape index (κ1) is 14.9. The van der Waals surface area contributed by atoms with Crippen molar-refractivity contribution >= 4 is 34.4 Å². The number of rotatable bonds is 4. The highest BCUT2D eigenvalue weighted by Crippen LogP contribution is 2.25. The van der Waals surface area contributed by atoms with Gasteiger partial charge >= 0.3 is 5.88 Å². The molecule has 0 atom stereocenters. The molecule has 0 saturated carbocycles. The summed E-state index contributed by atoms with van der Waals surface area (Å²) >= 11 is 7.22. The van der Waals surface area contributed by atoms with Crippen LogP contribution in [0.1, 0.15) is 21.1 Å². The number of carbonyl (C=O) groups is 1. The number of halogens is 1. The molecule has 24 heavy (non-hydrogen) atoms. The molecular formula is C16H11ClN3O3S+. The van der Waals surface area contributed by atoms with Crippen LogP contribution in [0.25, 0.3) is 5.65 Å². The maximum atomic E-state index is 12.8. The largest absolute Gasteiger partial charge is 0.474 e. The Balaban J connectivity index is 1.92. The van der Waals surface area contributed by atoms with Gasteiger partial charge in [0.05, 0.1) is 17.3 Å². The summed E-state index contributed by atoms with van der Waals surface area (Å²) in [4.78, 5) is 17.7. The first-order valence-corrected chi connectivity index (χ1v) is 8.25. The molecule has 0 fully saturated rings. The molecule has 0 aromatic carbocycles. The highest BCUT2D eigenvalue weighted by atomic mass is 35.5. The van der Waals surface area contributed by atoms with Crippen molar-refractivity contribution in [2.45, 2.75) is 6.54 Å². The van der Waals surface area contributed by atoms with Crippen LogP contribution < -0.4 is 4.40 Å². The van der Waals surface area contributed by atoms with E-state index in [1.54, 1.807) is 39.6 Å². The van der Waals surface area contributed by atoms with Crippen LogP contribution in [-0.4, -0.2) is 20.4 Å². The van der Waals surface area contributed by atoms with Gasteiger partial charge in [-0.15, -0.1) is 11.3 Å². The molecule has 1 N–H and O–H groups in total. The molecule has 0 unspecified atom stereocenters. The quantitative estimate of drug-likeness (QED) is 0.448. The van der Waals surface area contributed by atoms with Crippen LogP contribution in [0.15, 0.2) is 53.4 Å². The van der Waals surface area contributed by atoms with E-state index in [4.69, 9.17) is 16.0 Å². The molecular weight excluding hydrogens is 350 g/mol. The van der Waals surface area contributed by atoms with Crippen molar-refractivity contribution in [3.63, 3.8) is 0 Å². The second-order valence-electron chi connectivity index (χ2n) is 5.07. The minimum absolute atomic E-state index is 0.136. The zero-order valence-electron chi connectivity index (χ0n) is 12.2. The highest BCUT2D eigenvalue weighted by Gasteiger charge is 2.33. The van der Waals surface area contributed by atoms with Crippen molar-refractivity contribution in [2.75, 3.05) is 0 Å². The fourth-order valence-electron chi connectivity index (χ4n) is 2.60. The van der Waals surface area contributed by atoms with Gasteiger partial charge in [-0.25, -0.2) is 9.55 Å². The van der Waals surface area contributed by atoms with Crippen LogP contribution >= 0.6 is 22.9 Å². The zero-order chi connectivity index (χ0) is 16.7. The molecule has 4 aromatic heterocycles. The second-order valence-corrected chi connectivity index (χ2v) is 6.77. The predicted molar refractivity (Wildman–Crippen MR) is 87.6 cm³/mol. The minimum Gasteiger partial charge on any atom is -0.474 e. The van der Waals surface area contributed by atoms with Gasteiger partial charge in [-0.3, -0.25) is 4.79 Å². The van der Waals surface area contributed by atoms with E-state index in [0.29, 0.717) is 16.7 Å². The van der Waals surface area contributed by atoms with Crippen molar-refractivity contribution in [1.29, 1.82) is 0 Å².